The number of ether oxygens (including phenoxy) is 2. The predicted molar refractivity (Wildman–Crippen MR) is 70.2 cm³/mol. The predicted octanol–water partition coefficient (Wildman–Crippen LogP) is 3.22. The van der Waals surface area contributed by atoms with Crippen molar-refractivity contribution in [2.45, 2.75) is 52.4 Å². The summed E-state index contributed by atoms with van der Waals surface area (Å²) in [6, 6.07) is 0. The van der Waals surface area contributed by atoms with Crippen LogP contribution in [-0.4, -0.2) is 32.7 Å². The molecule has 0 aliphatic carbocycles. The van der Waals surface area contributed by atoms with Gasteiger partial charge in [0.05, 0.1) is 6.61 Å². The van der Waals surface area contributed by atoms with Gasteiger partial charge in [0.2, 0.25) is 0 Å². The summed E-state index contributed by atoms with van der Waals surface area (Å²) in [6.45, 7) is 7.18. The lowest BCUT2D eigenvalue weighted by Gasteiger charge is -2.06. The maximum atomic E-state index is 10.3. The minimum absolute atomic E-state index is 0.0296. The molecule has 0 bridgehead atoms. The van der Waals surface area contributed by atoms with Crippen LogP contribution in [0.4, 0.5) is 0 Å². The van der Waals surface area contributed by atoms with E-state index < -0.39 is 0 Å². The molecule has 0 heterocycles. The van der Waals surface area contributed by atoms with Crippen LogP contribution in [0.3, 0.4) is 0 Å². The maximum Gasteiger partial charge on any atom is 0.125 e. The molecule has 0 fully saturated rings. The lowest BCUT2D eigenvalue weighted by molar-refractivity contribution is -0.112. The fraction of sp³-hybridized carbons (Fsp3) is 0.929. The van der Waals surface area contributed by atoms with Crippen LogP contribution in [-0.2, 0) is 14.3 Å². The number of hydrogen-bond acceptors (Lipinski definition) is 3. The molecule has 0 N–H and O–H groups in total. The van der Waals surface area contributed by atoms with Gasteiger partial charge in [-0.3, -0.25) is 0 Å². The van der Waals surface area contributed by atoms with Gasteiger partial charge in [0.15, 0.2) is 0 Å². The molecule has 0 aromatic heterocycles. The van der Waals surface area contributed by atoms with E-state index in [0.29, 0.717) is 6.61 Å². The van der Waals surface area contributed by atoms with E-state index in [9.17, 15) is 4.79 Å². The molecule has 102 valence electrons. The van der Waals surface area contributed by atoms with Gasteiger partial charge in [-0.15, -0.1) is 0 Å². The Bertz CT molecular complexity index is 160. The molecule has 0 aliphatic rings. The van der Waals surface area contributed by atoms with E-state index in [1.165, 1.54) is 25.7 Å². The largest absolute Gasteiger partial charge is 0.381 e. The first-order valence-corrected chi connectivity index (χ1v) is 6.92. The Balaban J connectivity index is 2.96. The molecule has 0 rings (SSSR count). The molecule has 0 saturated carbocycles. The van der Waals surface area contributed by atoms with Crippen molar-refractivity contribution >= 4 is 6.29 Å². The van der Waals surface area contributed by atoms with Crippen molar-refractivity contribution in [1.29, 1.82) is 0 Å². The zero-order valence-electron chi connectivity index (χ0n) is 11.5. The van der Waals surface area contributed by atoms with Crippen molar-refractivity contribution in [2.24, 2.45) is 5.92 Å². The van der Waals surface area contributed by atoms with Gasteiger partial charge in [-0.1, -0.05) is 33.1 Å². The van der Waals surface area contributed by atoms with Crippen LogP contribution in [0.5, 0.6) is 0 Å². The second-order valence-electron chi connectivity index (χ2n) is 4.57. The normalized spacial score (nSPS) is 12.6. The van der Waals surface area contributed by atoms with Crippen molar-refractivity contribution in [1.82, 2.24) is 0 Å². The summed E-state index contributed by atoms with van der Waals surface area (Å²) in [6.07, 6.45) is 7.94. The Kier molecular flexibility index (Phi) is 13.3. The fourth-order valence-electron chi connectivity index (χ4n) is 1.42. The van der Waals surface area contributed by atoms with Gasteiger partial charge < -0.3 is 14.3 Å². The number of unbranched alkanes of at least 4 members (excludes halogenated alkanes) is 4. The zero-order valence-corrected chi connectivity index (χ0v) is 11.5. The first kappa shape index (κ1) is 16.6. The van der Waals surface area contributed by atoms with E-state index in [-0.39, 0.29) is 5.92 Å². The van der Waals surface area contributed by atoms with Crippen molar-refractivity contribution in [3.05, 3.63) is 0 Å². The molecule has 0 amide bonds. The summed E-state index contributed by atoms with van der Waals surface area (Å²) in [5.41, 5.74) is 0. The number of hydrogen-bond donors (Lipinski definition) is 0. The Morgan fingerprint density at radius 2 is 1.53 bits per heavy atom. The number of aldehydes is 1. The minimum atomic E-state index is 0.0296. The van der Waals surface area contributed by atoms with E-state index in [1.807, 2.05) is 6.92 Å². The van der Waals surface area contributed by atoms with Crippen molar-refractivity contribution < 1.29 is 14.3 Å². The van der Waals surface area contributed by atoms with Gasteiger partial charge in [0, 0.05) is 25.7 Å². The molecular formula is C14H28O3. The molecule has 0 radical (unpaired) electrons. The maximum absolute atomic E-state index is 10.3. The molecule has 0 aromatic carbocycles. The highest BCUT2D eigenvalue weighted by atomic mass is 16.5. The second-order valence-corrected chi connectivity index (χ2v) is 4.57. The first-order chi connectivity index (χ1) is 8.31. The number of carbonyl (C=O) groups excluding carboxylic acids is 1. The van der Waals surface area contributed by atoms with Crippen LogP contribution < -0.4 is 0 Å². The Labute approximate surface area is 106 Å². The van der Waals surface area contributed by atoms with Crippen molar-refractivity contribution in [3.63, 3.8) is 0 Å². The Morgan fingerprint density at radius 1 is 0.941 bits per heavy atom. The Hall–Kier alpha value is -0.410. The third kappa shape index (κ3) is 13.5. The van der Waals surface area contributed by atoms with Crippen LogP contribution in [0.25, 0.3) is 0 Å². The molecule has 1 unspecified atom stereocenters. The molecule has 1 atom stereocenters. The molecule has 0 saturated heterocycles. The number of rotatable bonds is 13. The highest BCUT2D eigenvalue weighted by molar-refractivity contribution is 5.52. The van der Waals surface area contributed by atoms with E-state index in [1.54, 1.807) is 0 Å². The third-order valence-electron chi connectivity index (χ3n) is 2.58. The molecule has 3 heteroatoms. The summed E-state index contributed by atoms with van der Waals surface area (Å²) >= 11 is 0. The topological polar surface area (TPSA) is 35.5 Å². The number of carbonyl (C=O) groups is 1. The second kappa shape index (κ2) is 13.7. The van der Waals surface area contributed by atoms with Crippen molar-refractivity contribution in [3.8, 4) is 0 Å². The van der Waals surface area contributed by atoms with Crippen LogP contribution in [0.1, 0.15) is 52.4 Å². The zero-order chi connectivity index (χ0) is 12.8. The van der Waals surface area contributed by atoms with Gasteiger partial charge in [-0.2, -0.15) is 0 Å². The van der Waals surface area contributed by atoms with Crippen LogP contribution in [0, 0.1) is 5.92 Å². The lowest BCUT2D eigenvalue weighted by Crippen LogP contribution is -2.07. The standard InChI is InChI=1S/C14H28O3/c1-3-4-9-16-10-7-5-6-8-11-17-13-14(2)12-15/h12,14H,3-11,13H2,1-2H3. The van der Waals surface area contributed by atoms with Gasteiger partial charge in [0.25, 0.3) is 0 Å². The molecule has 17 heavy (non-hydrogen) atoms. The quantitative estimate of drug-likeness (QED) is 0.368. The van der Waals surface area contributed by atoms with Gasteiger partial charge in [0.1, 0.15) is 6.29 Å². The van der Waals surface area contributed by atoms with Crippen LogP contribution in [0.15, 0.2) is 0 Å². The molecule has 3 nitrogen and oxygen atoms in total. The van der Waals surface area contributed by atoms with Gasteiger partial charge >= 0.3 is 0 Å². The van der Waals surface area contributed by atoms with Crippen molar-refractivity contribution in [2.75, 3.05) is 26.4 Å². The van der Waals surface area contributed by atoms with Crippen LogP contribution in [0.2, 0.25) is 0 Å². The van der Waals surface area contributed by atoms with E-state index in [0.717, 1.165) is 38.9 Å². The summed E-state index contributed by atoms with van der Waals surface area (Å²) in [7, 11) is 0. The summed E-state index contributed by atoms with van der Waals surface area (Å²) < 4.78 is 10.9. The minimum Gasteiger partial charge on any atom is -0.381 e. The lowest BCUT2D eigenvalue weighted by atomic mass is 10.2. The molecule has 0 spiro atoms. The molecule has 0 aromatic rings. The SMILES string of the molecule is CCCCOCCCCCCOCC(C)C=O. The van der Waals surface area contributed by atoms with E-state index >= 15 is 0 Å². The smallest absolute Gasteiger partial charge is 0.125 e. The first-order valence-electron chi connectivity index (χ1n) is 6.92. The summed E-state index contributed by atoms with van der Waals surface area (Å²) in [5.74, 6) is 0.0296. The molecule has 0 aliphatic heterocycles. The highest BCUT2D eigenvalue weighted by Crippen LogP contribution is 2.02. The summed E-state index contributed by atoms with van der Waals surface area (Å²) in [4.78, 5) is 10.3. The van der Waals surface area contributed by atoms with Gasteiger partial charge in [-0.05, 0) is 19.3 Å². The van der Waals surface area contributed by atoms with Crippen LogP contribution >= 0.6 is 0 Å². The highest BCUT2D eigenvalue weighted by Gasteiger charge is 1.98. The Morgan fingerprint density at radius 3 is 2.12 bits per heavy atom. The van der Waals surface area contributed by atoms with E-state index in [2.05, 4.69) is 6.92 Å². The summed E-state index contributed by atoms with van der Waals surface area (Å²) in [5, 5.41) is 0. The molecular weight excluding hydrogens is 216 g/mol. The average molecular weight is 244 g/mol. The van der Waals surface area contributed by atoms with E-state index in [4.69, 9.17) is 9.47 Å². The monoisotopic (exact) mass is 244 g/mol. The fourth-order valence-corrected chi connectivity index (χ4v) is 1.42. The average Bonchev–Trinajstić information content (AvgIpc) is 2.35. The van der Waals surface area contributed by atoms with Gasteiger partial charge in [-0.25, -0.2) is 0 Å². The third-order valence-corrected chi connectivity index (χ3v) is 2.58.